The van der Waals surface area contributed by atoms with E-state index in [-0.39, 0.29) is 30.5 Å². The van der Waals surface area contributed by atoms with Crippen molar-refractivity contribution in [1.29, 1.82) is 0 Å². The van der Waals surface area contributed by atoms with Crippen molar-refractivity contribution in [2.75, 3.05) is 13.2 Å². The summed E-state index contributed by atoms with van der Waals surface area (Å²) in [6, 6.07) is 11.3. The molecule has 2 atom stereocenters. The molecule has 1 saturated heterocycles. The molecule has 2 heterocycles. The third-order valence-electron chi connectivity index (χ3n) is 5.38. The van der Waals surface area contributed by atoms with Crippen LogP contribution in [-0.4, -0.2) is 46.9 Å². The van der Waals surface area contributed by atoms with E-state index in [0.717, 1.165) is 24.8 Å². The first-order valence-corrected chi connectivity index (χ1v) is 10.3. The summed E-state index contributed by atoms with van der Waals surface area (Å²) in [6.45, 7) is 4.75. The number of nitrogens with zero attached hydrogens (tertiary/aromatic N) is 2. The van der Waals surface area contributed by atoms with Crippen molar-refractivity contribution in [3.8, 4) is 5.75 Å². The molecule has 2 unspecified atom stereocenters. The highest BCUT2D eigenvalue weighted by molar-refractivity contribution is 5.94. The van der Waals surface area contributed by atoms with Crippen LogP contribution in [0.2, 0.25) is 0 Å². The van der Waals surface area contributed by atoms with E-state index in [1.165, 1.54) is 6.42 Å². The monoisotopic (exact) mass is 395 g/mol. The minimum absolute atomic E-state index is 0.0157. The average molecular weight is 396 g/mol. The van der Waals surface area contributed by atoms with Gasteiger partial charge in [0.1, 0.15) is 5.75 Å². The second-order valence-corrected chi connectivity index (χ2v) is 7.61. The molecule has 1 aliphatic rings. The Morgan fingerprint density at radius 3 is 2.52 bits per heavy atom. The SMILES string of the molecule is CC1CCCC(C)N1C(=O)COc1ccc(C(=O)NCCc2cccnc2)cc1. The molecular formula is C23H29N3O3. The van der Waals surface area contributed by atoms with Gasteiger partial charge in [-0.25, -0.2) is 0 Å². The Kier molecular flexibility index (Phi) is 7.22. The lowest BCUT2D eigenvalue weighted by Gasteiger charge is -2.38. The van der Waals surface area contributed by atoms with Gasteiger partial charge < -0.3 is 15.0 Å². The third kappa shape index (κ3) is 5.79. The van der Waals surface area contributed by atoms with Crippen LogP contribution >= 0.6 is 0 Å². The van der Waals surface area contributed by atoms with Crippen molar-refractivity contribution in [2.45, 2.75) is 51.6 Å². The van der Waals surface area contributed by atoms with Crippen LogP contribution in [0.25, 0.3) is 0 Å². The van der Waals surface area contributed by atoms with Crippen molar-refractivity contribution >= 4 is 11.8 Å². The number of aromatic nitrogens is 1. The van der Waals surface area contributed by atoms with Crippen LogP contribution in [0.5, 0.6) is 5.75 Å². The largest absolute Gasteiger partial charge is 0.484 e. The van der Waals surface area contributed by atoms with Crippen molar-refractivity contribution < 1.29 is 14.3 Å². The molecule has 0 radical (unpaired) electrons. The summed E-state index contributed by atoms with van der Waals surface area (Å²) in [4.78, 5) is 30.8. The van der Waals surface area contributed by atoms with E-state index >= 15 is 0 Å². The maximum Gasteiger partial charge on any atom is 0.260 e. The van der Waals surface area contributed by atoms with Crippen LogP contribution in [0, 0.1) is 0 Å². The predicted molar refractivity (Wildman–Crippen MR) is 112 cm³/mol. The number of hydrogen-bond acceptors (Lipinski definition) is 4. The van der Waals surface area contributed by atoms with E-state index in [1.807, 2.05) is 17.0 Å². The van der Waals surface area contributed by atoms with Crippen molar-refractivity contribution in [3.05, 3.63) is 59.9 Å². The van der Waals surface area contributed by atoms with E-state index in [2.05, 4.69) is 24.1 Å². The fourth-order valence-corrected chi connectivity index (χ4v) is 3.80. The highest BCUT2D eigenvalue weighted by Gasteiger charge is 2.28. The third-order valence-corrected chi connectivity index (χ3v) is 5.38. The van der Waals surface area contributed by atoms with Gasteiger partial charge in [-0.1, -0.05) is 6.07 Å². The van der Waals surface area contributed by atoms with Crippen molar-refractivity contribution in [1.82, 2.24) is 15.2 Å². The molecule has 1 aliphatic heterocycles. The number of carbonyl (C=O) groups excluding carboxylic acids is 2. The van der Waals surface area contributed by atoms with E-state index in [4.69, 9.17) is 4.74 Å². The zero-order valence-corrected chi connectivity index (χ0v) is 17.1. The molecule has 0 spiro atoms. The highest BCUT2D eigenvalue weighted by atomic mass is 16.5. The first-order chi connectivity index (χ1) is 14.0. The lowest BCUT2D eigenvalue weighted by molar-refractivity contribution is -0.139. The molecule has 2 aromatic rings. The number of likely N-dealkylation sites (tertiary alicyclic amines) is 1. The second kappa shape index (κ2) is 10.0. The van der Waals surface area contributed by atoms with Gasteiger partial charge in [0.05, 0.1) is 0 Å². The average Bonchev–Trinajstić information content (AvgIpc) is 2.73. The zero-order chi connectivity index (χ0) is 20.6. The number of ether oxygens (including phenoxy) is 1. The summed E-state index contributed by atoms with van der Waals surface area (Å²) in [5.74, 6) is 0.469. The summed E-state index contributed by atoms with van der Waals surface area (Å²) in [7, 11) is 0. The Balaban J connectivity index is 1.45. The first-order valence-electron chi connectivity index (χ1n) is 10.3. The zero-order valence-electron chi connectivity index (χ0n) is 17.1. The Morgan fingerprint density at radius 1 is 1.14 bits per heavy atom. The van der Waals surface area contributed by atoms with Gasteiger partial charge in [0.25, 0.3) is 11.8 Å². The quantitative estimate of drug-likeness (QED) is 0.781. The Morgan fingerprint density at radius 2 is 1.86 bits per heavy atom. The molecule has 1 fully saturated rings. The first kappa shape index (κ1) is 20.8. The number of nitrogens with one attached hydrogen (secondary N) is 1. The number of piperidine rings is 1. The Labute approximate surface area is 172 Å². The van der Waals surface area contributed by atoms with E-state index in [1.54, 1.807) is 36.7 Å². The summed E-state index contributed by atoms with van der Waals surface area (Å²) >= 11 is 0. The van der Waals surface area contributed by atoms with Gasteiger partial charge in [0.15, 0.2) is 6.61 Å². The van der Waals surface area contributed by atoms with Gasteiger partial charge in [-0.3, -0.25) is 14.6 Å². The van der Waals surface area contributed by atoms with E-state index in [9.17, 15) is 9.59 Å². The summed E-state index contributed by atoms with van der Waals surface area (Å²) in [6.07, 6.45) is 7.51. The molecule has 0 saturated carbocycles. The van der Waals surface area contributed by atoms with Gasteiger partial charge in [-0.15, -0.1) is 0 Å². The van der Waals surface area contributed by atoms with Crippen LogP contribution in [0.3, 0.4) is 0 Å². The number of rotatable bonds is 7. The molecule has 0 aliphatic carbocycles. The summed E-state index contributed by atoms with van der Waals surface area (Å²) in [5.41, 5.74) is 1.65. The maximum atomic E-state index is 12.5. The number of hydrogen-bond donors (Lipinski definition) is 1. The summed E-state index contributed by atoms with van der Waals surface area (Å²) < 4.78 is 5.66. The predicted octanol–water partition coefficient (Wildman–Crippen LogP) is 3.22. The molecule has 29 heavy (non-hydrogen) atoms. The van der Waals surface area contributed by atoms with Crippen LogP contribution in [0.4, 0.5) is 0 Å². The molecule has 6 nitrogen and oxygen atoms in total. The molecule has 1 aromatic heterocycles. The normalized spacial score (nSPS) is 18.9. The van der Waals surface area contributed by atoms with Gasteiger partial charge in [-0.2, -0.15) is 0 Å². The van der Waals surface area contributed by atoms with Crippen LogP contribution < -0.4 is 10.1 Å². The van der Waals surface area contributed by atoms with Gasteiger partial charge in [-0.05, 0) is 75.4 Å². The standard InChI is InChI=1S/C23H29N3O3/c1-17-5-3-6-18(2)26(17)22(27)16-29-21-10-8-20(9-11-21)23(28)25-14-12-19-7-4-13-24-15-19/h4,7-11,13,15,17-18H,3,5-6,12,14,16H2,1-2H3,(H,25,28). The lowest BCUT2D eigenvalue weighted by atomic mass is 9.97. The number of carbonyl (C=O) groups is 2. The number of amides is 2. The topological polar surface area (TPSA) is 71.5 Å². The van der Waals surface area contributed by atoms with Crippen LogP contribution in [0.15, 0.2) is 48.8 Å². The maximum absolute atomic E-state index is 12.5. The van der Waals surface area contributed by atoms with Crippen molar-refractivity contribution in [2.24, 2.45) is 0 Å². The Hall–Kier alpha value is -2.89. The minimum Gasteiger partial charge on any atom is -0.484 e. The molecule has 3 rings (SSSR count). The lowest BCUT2D eigenvalue weighted by Crippen LogP contribution is -2.49. The Bertz CT molecular complexity index is 798. The van der Waals surface area contributed by atoms with Gasteiger partial charge in [0.2, 0.25) is 0 Å². The highest BCUT2D eigenvalue weighted by Crippen LogP contribution is 2.23. The number of pyridine rings is 1. The van der Waals surface area contributed by atoms with E-state index in [0.29, 0.717) is 17.9 Å². The fourth-order valence-electron chi connectivity index (χ4n) is 3.80. The molecular weight excluding hydrogens is 366 g/mol. The molecule has 6 heteroatoms. The molecule has 154 valence electrons. The fraction of sp³-hybridized carbons (Fsp3) is 0.435. The number of benzene rings is 1. The second-order valence-electron chi connectivity index (χ2n) is 7.61. The molecule has 1 N–H and O–H groups in total. The van der Waals surface area contributed by atoms with Crippen molar-refractivity contribution in [3.63, 3.8) is 0 Å². The summed E-state index contributed by atoms with van der Waals surface area (Å²) in [5, 5.41) is 2.90. The van der Waals surface area contributed by atoms with Crippen LogP contribution in [0.1, 0.15) is 49.0 Å². The van der Waals surface area contributed by atoms with Crippen LogP contribution in [-0.2, 0) is 11.2 Å². The van der Waals surface area contributed by atoms with Gasteiger partial charge >= 0.3 is 0 Å². The van der Waals surface area contributed by atoms with Gasteiger partial charge in [0, 0.05) is 36.6 Å². The molecule has 2 amide bonds. The molecule has 0 bridgehead atoms. The minimum atomic E-state index is -0.132. The smallest absolute Gasteiger partial charge is 0.260 e. The van der Waals surface area contributed by atoms with E-state index < -0.39 is 0 Å². The molecule has 1 aromatic carbocycles.